The molecule has 0 saturated carbocycles. The molecular formula is C24H25IN4O2. The largest absolute Gasteiger partial charge is 0.497 e. The van der Waals surface area contributed by atoms with Crippen LogP contribution in [-0.4, -0.2) is 36.3 Å². The maximum atomic E-state index is 12.7. The molecule has 31 heavy (non-hydrogen) atoms. The Hall–Kier alpha value is -2.68. The molecule has 1 amide bonds. The maximum absolute atomic E-state index is 12.7. The molecule has 6 nitrogen and oxygen atoms in total. The number of nitrogens with one attached hydrogen (secondary N) is 1. The third kappa shape index (κ3) is 5.52. The Kier molecular flexibility index (Phi) is 7.01. The average molecular weight is 528 g/mol. The Balaban J connectivity index is 1.36. The number of amides is 1. The van der Waals surface area contributed by atoms with Gasteiger partial charge < -0.3 is 15.0 Å². The van der Waals surface area contributed by atoms with Crippen molar-refractivity contribution in [3.8, 4) is 17.0 Å². The summed E-state index contributed by atoms with van der Waals surface area (Å²) in [7, 11) is 1.65. The van der Waals surface area contributed by atoms with Crippen molar-refractivity contribution in [3.05, 3.63) is 69.8 Å². The molecule has 160 valence electrons. The van der Waals surface area contributed by atoms with Crippen molar-refractivity contribution >= 4 is 34.3 Å². The van der Waals surface area contributed by atoms with Gasteiger partial charge in [0.1, 0.15) is 5.75 Å². The van der Waals surface area contributed by atoms with Crippen LogP contribution in [0.4, 0.5) is 5.82 Å². The fourth-order valence-electron chi connectivity index (χ4n) is 3.74. The number of nitrogens with zero attached hydrogens (tertiary/aromatic N) is 3. The first kappa shape index (κ1) is 21.5. The highest BCUT2D eigenvalue weighted by atomic mass is 127. The van der Waals surface area contributed by atoms with Crippen molar-refractivity contribution in [3.63, 3.8) is 0 Å². The Bertz CT molecular complexity index is 1010. The van der Waals surface area contributed by atoms with Crippen molar-refractivity contribution in [1.29, 1.82) is 0 Å². The summed E-state index contributed by atoms with van der Waals surface area (Å²) in [5.41, 5.74) is 2.92. The van der Waals surface area contributed by atoms with E-state index in [-0.39, 0.29) is 11.8 Å². The van der Waals surface area contributed by atoms with Gasteiger partial charge in [-0.2, -0.15) is 0 Å². The second-order valence-corrected chi connectivity index (χ2v) is 8.88. The van der Waals surface area contributed by atoms with Crippen LogP contribution in [0.2, 0.25) is 0 Å². The molecule has 1 unspecified atom stereocenters. The van der Waals surface area contributed by atoms with E-state index in [9.17, 15) is 4.79 Å². The molecule has 1 aliphatic rings. The molecule has 4 rings (SSSR count). The van der Waals surface area contributed by atoms with E-state index in [1.54, 1.807) is 7.11 Å². The molecule has 1 N–H and O–H groups in total. The smallest absolute Gasteiger partial charge is 0.225 e. The number of carbonyl (C=O) groups is 1. The third-order valence-electron chi connectivity index (χ3n) is 5.53. The second-order valence-electron chi connectivity index (χ2n) is 7.63. The molecule has 1 atom stereocenters. The van der Waals surface area contributed by atoms with Crippen LogP contribution >= 0.6 is 22.6 Å². The highest BCUT2D eigenvalue weighted by molar-refractivity contribution is 14.1. The fraction of sp³-hybridized carbons (Fsp3) is 0.292. The first-order valence-corrected chi connectivity index (χ1v) is 11.5. The zero-order valence-electron chi connectivity index (χ0n) is 17.4. The number of aromatic nitrogens is 2. The molecule has 3 aromatic rings. The minimum Gasteiger partial charge on any atom is -0.497 e. The number of piperidine rings is 1. The Morgan fingerprint density at radius 3 is 2.55 bits per heavy atom. The molecule has 0 bridgehead atoms. The van der Waals surface area contributed by atoms with E-state index in [0.717, 1.165) is 47.8 Å². The van der Waals surface area contributed by atoms with Crippen LogP contribution in [0.5, 0.6) is 5.75 Å². The van der Waals surface area contributed by atoms with Crippen LogP contribution in [-0.2, 0) is 11.3 Å². The average Bonchev–Trinajstić information content (AvgIpc) is 2.84. The highest BCUT2D eigenvalue weighted by Gasteiger charge is 2.26. The minimum absolute atomic E-state index is 0.0411. The van der Waals surface area contributed by atoms with Gasteiger partial charge in [0.05, 0.1) is 18.7 Å². The van der Waals surface area contributed by atoms with E-state index < -0.39 is 0 Å². The summed E-state index contributed by atoms with van der Waals surface area (Å²) < 4.78 is 6.39. The molecule has 0 radical (unpaired) electrons. The Labute approximate surface area is 196 Å². The number of methoxy groups -OCH3 is 1. The zero-order valence-corrected chi connectivity index (χ0v) is 19.6. The molecule has 0 spiro atoms. The third-order valence-corrected chi connectivity index (χ3v) is 6.25. The van der Waals surface area contributed by atoms with Gasteiger partial charge in [0.25, 0.3) is 0 Å². The summed E-state index contributed by atoms with van der Waals surface area (Å²) in [4.78, 5) is 14.9. The highest BCUT2D eigenvalue weighted by Crippen LogP contribution is 2.24. The number of carbonyl (C=O) groups excluding carboxylic acids is 1. The van der Waals surface area contributed by atoms with Crippen molar-refractivity contribution in [2.24, 2.45) is 5.92 Å². The Morgan fingerprint density at radius 2 is 1.87 bits per heavy atom. The number of halogens is 1. The van der Waals surface area contributed by atoms with Crippen molar-refractivity contribution in [2.75, 3.05) is 25.1 Å². The van der Waals surface area contributed by atoms with Crippen LogP contribution in [0.3, 0.4) is 0 Å². The molecular weight excluding hydrogens is 503 g/mol. The lowest BCUT2D eigenvalue weighted by molar-refractivity contribution is -0.125. The van der Waals surface area contributed by atoms with Gasteiger partial charge in [-0.15, -0.1) is 10.2 Å². The number of rotatable bonds is 6. The standard InChI is InChI=1S/C24H25IN4O2/c1-31-21-10-6-18(7-11-21)22-12-13-23(28-27-22)29-14-2-3-19(16-29)24(30)26-15-17-4-8-20(25)9-5-17/h4-13,19H,2-3,14-16H2,1H3,(H,26,30). The summed E-state index contributed by atoms with van der Waals surface area (Å²) in [6.07, 6.45) is 1.86. The molecule has 1 aromatic heterocycles. The van der Waals surface area contributed by atoms with Gasteiger partial charge in [-0.25, -0.2) is 0 Å². The van der Waals surface area contributed by atoms with E-state index in [1.807, 2.05) is 36.4 Å². The molecule has 2 aromatic carbocycles. The molecule has 2 heterocycles. The predicted molar refractivity (Wildman–Crippen MR) is 130 cm³/mol. The quantitative estimate of drug-likeness (QED) is 0.484. The lowest BCUT2D eigenvalue weighted by atomic mass is 9.97. The number of hydrogen-bond acceptors (Lipinski definition) is 5. The van der Waals surface area contributed by atoms with E-state index in [4.69, 9.17) is 4.74 Å². The maximum Gasteiger partial charge on any atom is 0.225 e. The number of hydrogen-bond donors (Lipinski definition) is 1. The summed E-state index contributed by atoms with van der Waals surface area (Å²) in [6, 6.07) is 19.9. The number of anilines is 1. The van der Waals surface area contributed by atoms with Crippen molar-refractivity contribution in [1.82, 2.24) is 15.5 Å². The number of ether oxygens (including phenoxy) is 1. The summed E-state index contributed by atoms with van der Waals surface area (Å²) >= 11 is 2.28. The topological polar surface area (TPSA) is 67.3 Å². The summed E-state index contributed by atoms with van der Waals surface area (Å²) in [6.45, 7) is 2.11. The monoisotopic (exact) mass is 528 g/mol. The van der Waals surface area contributed by atoms with E-state index in [0.29, 0.717) is 13.1 Å². The van der Waals surface area contributed by atoms with Gasteiger partial charge >= 0.3 is 0 Å². The van der Waals surface area contributed by atoms with Gasteiger partial charge in [-0.3, -0.25) is 4.79 Å². The van der Waals surface area contributed by atoms with Gasteiger partial charge in [-0.1, -0.05) is 12.1 Å². The Morgan fingerprint density at radius 1 is 1.10 bits per heavy atom. The van der Waals surface area contributed by atoms with Crippen LogP contribution in [0.1, 0.15) is 18.4 Å². The van der Waals surface area contributed by atoms with Gasteiger partial charge in [0.2, 0.25) is 5.91 Å². The van der Waals surface area contributed by atoms with Crippen molar-refractivity contribution in [2.45, 2.75) is 19.4 Å². The van der Waals surface area contributed by atoms with Crippen LogP contribution in [0.15, 0.2) is 60.7 Å². The first-order valence-electron chi connectivity index (χ1n) is 10.4. The molecule has 1 saturated heterocycles. The molecule has 1 fully saturated rings. The minimum atomic E-state index is -0.0411. The van der Waals surface area contributed by atoms with Gasteiger partial charge in [-0.05, 0) is 89.5 Å². The second kappa shape index (κ2) is 10.1. The lowest BCUT2D eigenvalue weighted by Crippen LogP contribution is -2.43. The molecule has 7 heteroatoms. The summed E-state index contributed by atoms with van der Waals surface area (Å²) in [5.74, 6) is 1.69. The van der Waals surface area contributed by atoms with Gasteiger partial charge in [0, 0.05) is 28.8 Å². The first-order chi connectivity index (χ1) is 15.1. The number of benzene rings is 2. The summed E-state index contributed by atoms with van der Waals surface area (Å²) in [5, 5.41) is 11.9. The fourth-order valence-corrected chi connectivity index (χ4v) is 4.10. The lowest BCUT2D eigenvalue weighted by Gasteiger charge is -2.32. The van der Waals surface area contributed by atoms with Gasteiger partial charge in [0.15, 0.2) is 5.82 Å². The molecule has 0 aliphatic carbocycles. The van der Waals surface area contributed by atoms with E-state index in [2.05, 4.69) is 67.3 Å². The van der Waals surface area contributed by atoms with Crippen molar-refractivity contribution < 1.29 is 9.53 Å². The normalized spacial score (nSPS) is 16.1. The zero-order chi connectivity index (χ0) is 21.6. The van der Waals surface area contributed by atoms with Crippen LogP contribution < -0.4 is 15.0 Å². The SMILES string of the molecule is COc1ccc(-c2ccc(N3CCCC(C(=O)NCc4ccc(I)cc4)C3)nn2)cc1. The predicted octanol–water partition coefficient (Wildman–Crippen LogP) is 4.29. The van der Waals surface area contributed by atoms with Crippen LogP contribution in [0, 0.1) is 9.49 Å². The van der Waals surface area contributed by atoms with Crippen LogP contribution in [0.25, 0.3) is 11.3 Å². The van der Waals surface area contributed by atoms with E-state index in [1.165, 1.54) is 3.57 Å². The van der Waals surface area contributed by atoms with E-state index >= 15 is 0 Å². The molecule has 1 aliphatic heterocycles.